The zero-order valence-corrected chi connectivity index (χ0v) is 22.3. The largest absolute Gasteiger partial charge is 0.351 e. The Morgan fingerprint density at radius 1 is 0.914 bits per heavy atom. The van der Waals surface area contributed by atoms with E-state index in [1.807, 2.05) is 36.5 Å². The molecule has 4 nitrogen and oxygen atoms in total. The van der Waals surface area contributed by atoms with Gasteiger partial charge in [-0.05, 0) is 99.1 Å². The summed E-state index contributed by atoms with van der Waals surface area (Å²) in [7, 11) is 0. The molecule has 1 fully saturated rings. The van der Waals surface area contributed by atoms with Crippen LogP contribution in [0.2, 0.25) is 10.0 Å². The number of hydrogen-bond acceptors (Lipinski definition) is 2. The summed E-state index contributed by atoms with van der Waals surface area (Å²) in [6, 6.07) is 20.2. The van der Waals surface area contributed by atoms with Crippen LogP contribution >= 0.6 is 35.4 Å². The Morgan fingerprint density at radius 2 is 1.71 bits per heavy atom. The van der Waals surface area contributed by atoms with Gasteiger partial charge in [0.05, 0.1) is 33.5 Å². The number of nitrogens with zero attached hydrogens (tertiary/aromatic N) is 3. The minimum Gasteiger partial charge on any atom is -0.351 e. The number of thiocarbonyl (C=S) groups is 1. The fraction of sp³-hybridized carbons (Fsp3) is 0.214. The number of pyridine rings is 1. The zero-order chi connectivity index (χ0) is 24.9. The van der Waals surface area contributed by atoms with Crippen LogP contribution in [0.4, 0.5) is 5.69 Å². The second kappa shape index (κ2) is 9.30. The topological polar surface area (TPSA) is 33.1 Å². The molecule has 2 unspecified atom stereocenters. The fourth-order valence-corrected chi connectivity index (χ4v) is 5.67. The molecule has 35 heavy (non-hydrogen) atoms. The van der Waals surface area contributed by atoms with E-state index >= 15 is 0 Å². The molecule has 1 saturated heterocycles. The van der Waals surface area contributed by atoms with Crippen LogP contribution in [0.1, 0.15) is 45.9 Å². The lowest BCUT2D eigenvalue weighted by atomic mass is 9.96. The van der Waals surface area contributed by atoms with Gasteiger partial charge in [0.25, 0.3) is 0 Å². The number of hydrogen-bond donors (Lipinski definition) is 1. The van der Waals surface area contributed by atoms with Gasteiger partial charge in [0, 0.05) is 23.3 Å². The van der Waals surface area contributed by atoms with Crippen molar-refractivity contribution in [1.82, 2.24) is 14.9 Å². The molecule has 1 N–H and O–H groups in total. The highest BCUT2D eigenvalue weighted by molar-refractivity contribution is 7.80. The summed E-state index contributed by atoms with van der Waals surface area (Å²) < 4.78 is 2.17. The van der Waals surface area contributed by atoms with E-state index in [1.165, 1.54) is 11.1 Å². The van der Waals surface area contributed by atoms with Crippen molar-refractivity contribution in [2.75, 3.05) is 4.90 Å². The summed E-state index contributed by atoms with van der Waals surface area (Å²) in [6.07, 6.45) is 1.82. The molecule has 1 aliphatic rings. The third-order valence-electron chi connectivity index (χ3n) is 6.83. The molecule has 2 aromatic heterocycles. The standard InChI is InChI=1S/C28H26Cl2N4S/c1-16-11-12-20(14-17(16)2)34-27(26(32-28(34)35)23-9-5-6-13-31-23)21-15-18(3)33(19(21)4)24-10-7-8-22(29)25(24)30/h5-15,26-27H,1-4H3,(H,32,35). The first-order chi connectivity index (χ1) is 16.8. The van der Waals surface area contributed by atoms with E-state index in [4.69, 9.17) is 35.4 Å². The number of benzene rings is 2. The van der Waals surface area contributed by atoms with Crippen molar-refractivity contribution in [3.63, 3.8) is 0 Å². The number of halogens is 2. The monoisotopic (exact) mass is 520 g/mol. The maximum absolute atomic E-state index is 6.64. The van der Waals surface area contributed by atoms with Crippen molar-refractivity contribution in [1.29, 1.82) is 0 Å². The van der Waals surface area contributed by atoms with Crippen LogP contribution in [0.15, 0.2) is 66.9 Å². The Morgan fingerprint density at radius 3 is 2.43 bits per heavy atom. The lowest BCUT2D eigenvalue weighted by Gasteiger charge is -2.28. The van der Waals surface area contributed by atoms with E-state index in [2.05, 4.69) is 71.7 Å². The molecule has 4 aromatic rings. The first kappa shape index (κ1) is 23.9. The number of aryl methyl sites for hydroxylation is 3. The summed E-state index contributed by atoms with van der Waals surface area (Å²) in [5.74, 6) is 0. The molecular formula is C28H26Cl2N4S. The molecule has 0 bridgehead atoms. The third-order valence-corrected chi connectivity index (χ3v) is 7.95. The minimum absolute atomic E-state index is 0.0996. The predicted octanol–water partition coefficient (Wildman–Crippen LogP) is 7.59. The van der Waals surface area contributed by atoms with Gasteiger partial charge in [0.15, 0.2) is 5.11 Å². The van der Waals surface area contributed by atoms with Gasteiger partial charge in [-0.25, -0.2) is 0 Å². The maximum Gasteiger partial charge on any atom is 0.174 e. The van der Waals surface area contributed by atoms with Crippen molar-refractivity contribution in [3.05, 3.63) is 111 Å². The highest BCUT2D eigenvalue weighted by atomic mass is 35.5. The van der Waals surface area contributed by atoms with Gasteiger partial charge in [-0.3, -0.25) is 4.98 Å². The molecule has 0 aliphatic carbocycles. The number of aromatic nitrogens is 2. The first-order valence-corrected chi connectivity index (χ1v) is 12.7. The number of anilines is 1. The number of rotatable bonds is 4. The van der Waals surface area contributed by atoms with Gasteiger partial charge in [0.2, 0.25) is 0 Å². The second-order valence-corrected chi connectivity index (χ2v) is 10.2. The fourth-order valence-electron chi connectivity index (χ4n) is 4.95. The molecule has 0 spiro atoms. The molecule has 3 heterocycles. The Kier molecular flexibility index (Phi) is 6.34. The van der Waals surface area contributed by atoms with Gasteiger partial charge in [-0.1, -0.05) is 41.4 Å². The lowest BCUT2D eigenvalue weighted by molar-refractivity contribution is 0.565. The average molecular weight is 522 g/mol. The van der Waals surface area contributed by atoms with Crippen LogP contribution in [0.3, 0.4) is 0 Å². The summed E-state index contributed by atoms with van der Waals surface area (Å²) >= 11 is 18.9. The van der Waals surface area contributed by atoms with E-state index in [9.17, 15) is 0 Å². The van der Waals surface area contributed by atoms with Crippen LogP contribution in [0, 0.1) is 27.7 Å². The third kappa shape index (κ3) is 4.12. The lowest BCUT2D eigenvalue weighted by Crippen LogP contribution is -2.29. The van der Waals surface area contributed by atoms with Gasteiger partial charge < -0.3 is 14.8 Å². The van der Waals surface area contributed by atoms with Gasteiger partial charge in [-0.15, -0.1) is 0 Å². The van der Waals surface area contributed by atoms with E-state index in [0.717, 1.165) is 34.0 Å². The molecular weight excluding hydrogens is 495 g/mol. The van der Waals surface area contributed by atoms with E-state index in [0.29, 0.717) is 15.2 Å². The molecule has 1 aliphatic heterocycles. The second-order valence-electron chi connectivity index (χ2n) is 9.00. The summed E-state index contributed by atoms with van der Waals surface area (Å²) in [5, 5.41) is 5.31. The molecule has 2 atom stereocenters. The Hall–Kier alpha value is -2.86. The molecule has 0 radical (unpaired) electrons. The van der Waals surface area contributed by atoms with Crippen molar-refractivity contribution in [3.8, 4) is 5.69 Å². The van der Waals surface area contributed by atoms with Crippen LogP contribution < -0.4 is 10.2 Å². The van der Waals surface area contributed by atoms with E-state index in [-0.39, 0.29) is 12.1 Å². The van der Waals surface area contributed by atoms with E-state index in [1.54, 1.807) is 6.07 Å². The summed E-state index contributed by atoms with van der Waals surface area (Å²) in [5.41, 5.74) is 8.63. The average Bonchev–Trinajstić information content (AvgIpc) is 3.33. The molecule has 5 rings (SSSR count). The highest BCUT2D eigenvalue weighted by Crippen LogP contribution is 2.44. The quantitative estimate of drug-likeness (QED) is 0.281. The molecule has 0 saturated carbocycles. The first-order valence-electron chi connectivity index (χ1n) is 11.5. The Labute approximate surface area is 221 Å². The van der Waals surface area contributed by atoms with Crippen molar-refractivity contribution in [2.45, 2.75) is 39.8 Å². The smallest absolute Gasteiger partial charge is 0.174 e. The Bertz CT molecular complexity index is 1430. The minimum atomic E-state index is -0.117. The van der Waals surface area contributed by atoms with E-state index < -0.39 is 0 Å². The Balaban J connectivity index is 1.71. The van der Waals surface area contributed by atoms with Gasteiger partial charge in [-0.2, -0.15) is 0 Å². The normalized spacial score (nSPS) is 17.7. The van der Waals surface area contributed by atoms with Gasteiger partial charge >= 0.3 is 0 Å². The number of nitrogens with one attached hydrogen (secondary N) is 1. The molecule has 0 amide bonds. The van der Waals surface area contributed by atoms with Crippen LogP contribution in [0.25, 0.3) is 5.69 Å². The maximum atomic E-state index is 6.64. The van der Waals surface area contributed by atoms with Crippen LogP contribution in [0.5, 0.6) is 0 Å². The molecule has 7 heteroatoms. The van der Waals surface area contributed by atoms with Crippen molar-refractivity contribution >= 4 is 46.2 Å². The predicted molar refractivity (Wildman–Crippen MR) is 149 cm³/mol. The van der Waals surface area contributed by atoms with Crippen molar-refractivity contribution in [2.24, 2.45) is 0 Å². The summed E-state index contributed by atoms with van der Waals surface area (Å²) in [4.78, 5) is 6.89. The molecule has 2 aromatic carbocycles. The van der Waals surface area contributed by atoms with Crippen molar-refractivity contribution < 1.29 is 0 Å². The van der Waals surface area contributed by atoms with Crippen LogP contribution in [-0.2, 0) is 0 Å². The zero-order valence-electron chi connectivity index (χ0n) is 20.0. The van der Waals surface area contributed by atoms with Crippen LogP contribution in [-0.4, -0.2) is 14.7 Å². The highest BCUT2D eigenvalue weighted by Gasteiger charge is 2.42. The van der Waals surface area contributed by atoms with Gasteiger partial charge in [0.1, 0.15) is 0 Å². The molecule has 178 valence electrons. The SMILES string of the molecule is Cc1ccc(N2C(=S)NC(c3ccccn3)C2c2cc(C)n(-c3cccc(Cl)c3Cl)c2C)cc1C. The summed E-state index contributed by atoms with van der Waals surface area (Å²) in [6.45, 7) is 8.46.